The summed E-state index contributed by atoms with van der Waals surface area (Å²) in [7, 11) is 0. The molecule has 2 atom stereocenters. The monoisotopic (exact) mass is 542 g/mol. The highest BCUT2D eigenvalue weighted by Crippen LogP contribution is 2.40. The van der Waals surface area contributed by atoms with Crippen LogP contribution in [0.4, 0.5) is 0 Å². The average Bonchev–Trinajstić information content (AvgIpc) is 3.54. The minimum atomic E-state index is -1.08. The Hall–Kier alpha value is -2.62. The largest absolute Gasteiger partial charge is 0.491 e. The SMILES string of the molecule is CCSc1nccc(-c2ccc(OCC3COC(Cn4ccnc4)(c4ccc(Cl)cc4Cl)O3)cc2)n1. The quantitative estimate of drug-likeness (QED) is 0.186. The molecule has 1 saturated heterocycles. The van der Waals surface area contributed by atoms with E-state index < -0.39 is 5.79 Å². The topological polar surface area (TPSA) is 71.3 Å². The van der Waals surface area contributed by atoms with Gasteiger partial charge in [-0.1, -0.05) is 48.0 Å². The fourth-order valence-corrected chi connectivity index (χ4v) is 5.10. The van der Waals surface area contributed by atoms with Gasteiger partial charge >= 0.3 is 0 Å². The standard InChI is InChI=1S/C26H24Cl2N4O3S/c1-2-36-25-30-10-9-24(31-25)18-3-6-20(7-4-18)33-14-21-15-34-26(35-21,16-32-12-11-29-17-32)22-8-5-19(27)13-23(22)28/h3-13,17,21H,2,14-16H2,1H3. The first-order chi connectivity index (χ1) is 17.5. The summed E-state index contributed by atoms with van der Waals surface area (Å²) in [6, 6.07) is 15.0. The number of aromatic nitrogens is 4. The maximum Gasteiger partial charge on any atom is 0.215 e. The number of ether oxygens (including phenoxy) is 3. The second-order valence-corrected chi connectivity index (χ2v) is 10.2. The molecule has 0 radical (unpaired) electrons. The van der Waals surface area contributed by atoms with Gasteiger partial charge in [0.1, 0.15) is 18.5 Å². The van der Waals surface area contributed by atoms with Crippen LogP contribution in [0.5, 0.6) is 5.75 Å². The fraction of sp³-hybridized carbons (Fsp3) is 0.269. The van der Waals surface area contributed by atoms with Gasteiger partial charge in [-0.3, -0.25) is 0 Å². The van der Waals surface area contributed by atoms with Crippen molar-refractivity contribution < 1.29 is 14.2 Å². The van der Waals surface area contributed by atoms with Gasteiger partial charge in [-0.05, 0) is 48.2 Å². The van der Waals surface area contributed by atoms with E-state index in [9.17, 15) is 0 Å². The van der Waals surface area contributed by atoms with Crippen LogP contribution in [-0.4, -0.2) is 44.6 Å². The van der Waals surface area contributed by atoms with E-state index in [2.05, 4.69) is 21.9 Å². The van der Waals surface area contributed by atoms with E-state index >= 15 is 0 Å². The first-order valence-electron chi connectivity index (χ1n) is 11.5. The minimum Gasteiger partial charge on any atom is -0.491 e. The van der Waals surface area contributed by atoms with Crippen LogP contribution in [0.15, 0.2) is 78.6 Å². The summed E-state index contributed by atoms with van der Waals surface area (Å²) in [4.78, 5) is 13.0. The highest BCUT2D eigenvalue weighted by atomic mass is 35.5. The molecule has 0 spiro atoms. The van der Waals surface area contributed by atoms with E-state index in [0.29, 0.717) is 35.4 Å². The van der Waals surface area contributed by atoms with Crippen molar-refractivity contribution in [1.82, 2.24) is 19.5 Å². The molecule has 0 N–H and O–H groups in total. The first kappa shape index (κ1) is 25.0. The fourth-order valence-electron chi connectivity index (χ4n) is 3.99. The lowest BCUT2D eigenvalue weighted by Gasteiger charge is -2.30. The zero-order chi connectivity index (χ0) is 25.0. The highest BCUT2D eigenvalue weighted by Gasteiger charge is 2.45. The van der Waals surface area contributed by atoms with E-state index in [4.69, 9.17) is 37.4 Å². The van der Waals surface area contributed by atoms with Crippen molar-refractivity contribution in [2.45, 2.75) is 30.5 Å². The van der Waals surface area contributed by atoms with Crippen LogP contribution in [-0.2, 0) is 21.8 Å². The van der Waals surface area contributed by atoms with Crippen molar-refractivity contribution in [3.63, 3.8) is 0 Å². The van der Waals surface area contributed by atoms with E-state index in [0.717, 1.165) is 27.9 Å². The molecule has 0 bridgehead atoms. The van der Waals surface area contributed by atoms with Crippen LogP contribution in [0.3, 0.4) is 0 Å². The normalized spacial score (nSPS) is 19.5. The van der Waals surface area contributed by atoms with Crippen LogP contribution in [0, 0.1) is 0 Å². The number of nitrogens with zero attached hydrogens (tertiary/aromatic N) is 4. The summed E-state index contributed by atoms with van der Waals surface area (Å²) < 4.78 is 20.6. The van der Waals surface area contributed by atoms with Gasteiger partial charge in [-0.15, -0.1) is 0 Å². The molecule has 4 aromatic rings. The molecule has 186 valence electrons. The van der Waals surface area contributed by atoms with Crippen LogP contribution >= 0.6 is 35.0 Å². The van der Waals surface area contributed by atoms with Crippen LogP contribution in [0.2, 0.25) is 10.0 Å². The molecule has 0 aliphatic carbocycles. The number of hydrogen-bond donors (Lipinski definition) is 0. The minimum absolute atomic E-state index is 0.296. The third-order valence-corrected chi connectivity index (χ3v) is 6.94. The summed E-state index contributed by atoms with van der Waals surface area (Å²) in [5.74, 6) is 0.578. The number of rotatable bonds is 9. The zero-order valence-corrected chi connectivity index (χ0v) is 21.8. The molecular weight excluding hydrogens is 519 g/mol. The van der Waals surface area contributed by atoms with Gasteiger partial charge in [0.15, 0.2) is 5.16 Å². The number of imidazole rings is 1. The Bertz CT molecular complexity index is 1310. The molecule has 36 heavy (non-hydrogen) atoms. The predicted molar refractivity (Wildman–Crippen MR) is 141 cm³/mol. The molecule has 3 heterocycles. The Kier molecular flexibility index (Phi) is 7.79. The Labute approximate surface area is 223 Å². The van der Waals surface area contributed by atoms with E-state index in [1.54, 1.807) is 42.6 Å². The van der Waals surface area contributed by atoms with Crippen molar-refractivity contribution in [1.29, 1.82) is 0 Å². The Morgan fingerprint density at radius 3 is 2.75 bits per heavy atom. The maximum absolute atomic E-state index is 6.54. The van der Waals surface area contributed by atoms with Crippen molar-refractivity contribution in [3.8, 4) is 17.0 Å². The van der Waals surface area contributed by atoms with Crippen LogP contribution in [0.1, 0.15) is 12.5 Å². The van der Waals surface area contributed by atoms with Gasteiger partial charge in [-0.25, -0.2) is 15.0 Å². The average molecular weight is 543 g/mol. The molecule has 1 fully saturated rings. The van der Waals surface area contributed by atoms with Gasteiger partial charge in [0.2, 0.25) is 5.79 Å². The Morgan fingerprint density at radius 1 is 1.14 bits per heavy atom. The zero-order valence-electron chi connectivity index (χ0n) is 19.5. The lowest BCUT2D eigenvalue weighted by atomic mass is 10.1. The summed E-state index contributed by atoms with van der Waals surface area (Å²) in [6.45, 7) is 3.14. The smallest absolute Gasteiger partial charge is 0.215 e. The van der Waals surface area contributed by atoms with Gasteiger partial charge < -0.3 is 18.8 Å². The first-order valence-corrected chi connectivity index (χ1v) is 13.2. The number of halogens is 2. The summed E-state index contributed by atoms with van der Waals surface area (Å²) in [5, 5.41) is 1.80. The maximum atomic E-state index is 6.54. The molecule has 7 nitrogen and oxygen atoms in total. The highest BCUT2D eigenvalue weighted by molar-refractivity contribution is 7.99. The van der Waals surface area contributed by atoms with E-state index in [1.165, 1.54) is 0 Å². The summed E-state index contributed by atoms with van der Waals surface area (Å²) in [6.07, 6.45) is 6.76. The van der Waals surface area contributed by atoms with Crippen molar-refractivity contribution in [2.24, 2.45) is 0 Å². The van der Waals surface area contributed by atoms with E-state index in [1.807, 2.05) is 47.2 Å². The van der Waals surface area contributed by atoms with Crippen molar-refractivity contribution in [2.75, 3.05) is 19.0 Å². The molecule has 1 aliphatic rings. The lowest BCUT2D eigenvalue weighted by molar-refractivity contribution is -0.189. The van der Waals surface area contributed by atoms with Gasteiger partial charge in [0, 0.05) is 34.7 Å². The van der Waals surface area contributed by atoms with Crippen LogP contribution < -0.4 is 4.74 Å². The summed E-state index contributed by atoms with van der Waals surface area (Å²) in [5.41, 5.74) is 2.59. The third kappa shape index (κ3) is 5.68. The molecule has 0 amide bonds. The Balaban J connectivity index is 1.27. The Morgan fingerprint density at radius 2 is 2.00 bits per heavy atom. The second kappa shape index (κ2) is 11.2. The molecule has 2 aromatic carbocycles. The second-order valence-electron chi connectivity index (χ2n) is 8.16. The third-order valence-electron chi connectivity index (χ3n) is 5.64. The molecule has 0 saturated carbocycles. The number of hydrogen-bond acceptors (Lipinski definition) is 7. The molecule has 10 heteroatoms. The van der Waals surface area contributed by atoms with Crippen molar-refractivity contribution in [3.05, 3.63) is 89.1 Å². The molecule has 1 aliphatic heterocycles. The van der Waals surface area contributed by atoms with Gasteiger partial charge in [0.25, 0.3) is 0 Å². The predicted octanol–water partition coefficient (Wildman–Crippen LogP) is 6.11. The van der Waals surface area contributed by atoms with Crippen LogP contribution in [0.25, 0.3) is 11.3 Å². The number of benzene rings is 2. The molecule has 2 unspecified atom stereocenters. The van der Waals surface area contributed by atoms with E-state index in [-0.39, 0.29) is 6.10 Å². The number of thioether (sulfide) groups is 1. The molecule has 5 rings (SSSR count). The summed E-state index contributed by atoms with van der Waals surface area (Å²) >= 11 is 14.3. The van der Waals surface area contributed by atoms with Gasteiger partial charge in [-0.2, -0.15) is 0 Å². The van der Waals surface area contributed by atoms with Crippen molar-refractivity contribution >= 4 is 35.0 Å². The van der Waals surface area contributed by atoms with Gasteiger partial charge in [0.05, 0.1) is 30.2 Å². The lowest BCUT2D eigenvalue weighted by Crippen LogP contribution is -2.34. The molecule has 2 aromatic heterocycles. The molecular formula is C26H24Cl2N4O3S.